The third-order valence-electron chi connectivity index (χ3n) is 4.42. The summed E-state index contributed by atoms with van der Waals surface area (Å²) in [5, 5.41) is 0.620. The van der Waals surface area contributed by atoms with E-state index in [0.717, 1.165) is 12.8 Å². The molecule has 0 aromatic heterocycles. The maximum absolute atomic E-state index is 12.3. The zero-order valence-electron chi connectivity index (χ0n) is 12.9. The molecule has 3 fully saturated rings. The molecule has 3 amide bonds. The molecule has 11 nitrogen and oxygen atoms in total. The first-order chi connectivity index (χ1) is 11.3. The average Bonchev–Trinajstić information content (AvgIpc) is 2.77. The zero-order valence-corrected chi connectivity index (χ0v) is 13.7. The van der Waals surface area contributed by atoms with Gasteiger partial charge in [0.2, 0.25) is 0 Å². The standard InChI is InChI=1S/C12H20N4O7S/c17-11(14-13-8-3-5-22-6-4-8)10-2-1-9-7-15(10)12(18)16(9)23-24(19,20)21/h8-10,13H,1-7H2,(H,14,17)(H,19,20,21)/t9-,10+/m0/s1. The summed E-state index contributed by atoms with van der Waals surface area (Å²) in [5.74, 6) is -0.359. The quantitative estimate of drug-likeness (QED) is 0.408. The molecule has 0 spiro atoms. The molecule has 0 aliphatic carbocycles. The summed E-state index contributed by atoms with van der Waals surface area (Å²) < 4.78 is 40.0. The van der Waals surface area contributed by atoms with Crippen LogP contribution in [0.1, 0.15) is 25.7 Å². The van der Waals surface area contributed by atoms with Crippen molar-refractivity contribution < 1.29 is 31.6 Å². The van der Waals surface area contributed by atoms with Crippen LogP contribution in [0.25, 0.3) is 0 Å². The summed E-state index contributed by atoms with van der Waals surface area (Å²) >= 11 is 0. The summed E-state index contributed by atoms with van der Waals surface area (Å²) in [6.07, 6.45) is 2.34. The van der Waals surface area contributed by atoms with E-state index in [4.69, 9.17) is 9.29 Å². The number of amides is 3. The van der Waals surface area contributed by atoms with Crippen LogP contribution in [0.15, 0.2) is 0 Å². The van der Waals surface area contributed by atoms with Gasteiger partial charge in [-0.25, -0.2) is 10.2 Å². The van der Waals surface area contributed by atoms with Crippen LogP contribution in [0, 0.1) is 0 Å². The highest BCUT2D eigenvalue weighted by Crippen LogP contribution is 2.30. The predicted octanol–water partition coefficient (Wildman–Crippen LogP) is -1.21. The smallest absolute Gasteiger partial charge is 0.381 e. The van der Waals surface area contributed by atoms with Crippen molar-refractivity contribution in [3.05, 3.63) is 0 Å². The monoisotopic (exact) mass is 364 g/mol. The van der Waals surface area contributed by atoms with Crippen molar-refractivity contribution >= 4 is 22.3 Å². The Labute approximate surface area is 139 Å². The molecule has 0 aromatic rings. The molecule has 0 aromatic carbocycles. The van der Waals surface area contributed by atoms with Gasteiger partial charge in [0, 0.05) is 25.8 Å². The summed E-state index contributed by atoms with van der Waals surface area (Å²) in [6, 6.07) is -1.85. The molecule has 0 saturated carbocycles. The van der Waals surface area contributed by atoms with Gasteiger partial charge in [0.25, 0.3) is 5.91 Å². The second kappa shape index (κ2) is 6.80. The van der Waals surface area contributed by atoms with Crippen molar-refractivity contribution in [3.8, 4) is 0 Å². The van der Waals surface area contributed by atoms with Crippen LogP contribution < -0.4 is 10.9 Å². The lowest BCUT2D eigenvalue weighted by atomic mass is 10.0. The molecule has 2 bridgehead atoms. The summed E-state index contributed by atoms with van der Waals surface area (Å²) in [5.41, 5.74) is 5.57. The molecule has 3 saturated heterocycles. The number of nitrogens with zero attached hydrogens (tertiary/aromatic N) is 2. The van der Waals surface area contributed by atoms with Gasteiger partial charge in [0.05, 0.1) is 6.04 Å². The summed E-state index contributed by atoms with van der Waals surface area (Å²) in [6.45, 7) is 1.43. The third kappa shape index (κ3) is 3.78. The van der Waals surface area contributed by atoms with Crippen molar-refractivity contribution in [2.24, 2.45) is 0 Å². The Balaban J connectivity index is 1.58. The number of hydroxylamine groups is 2. The lowest BCUT2D eigenvalue weighted by Gasteiger charge is -2.30. The first kappa shape index (κ1) is 17.4. The van der Waals surface area contributed by atoms with E-state index in [2.05, 4.69) is 15.1 Å². The number of ether oxygens (including phenoxy) is 1. The first-order valence-electron chi connectivity index (χ1n) is 7.75. The van der Waals surface area contributed by atoms with Crippen LogP contribution in [0.4, 0.5) is 4.79 Å². The fourth-order valence-electron chi connectivity index (χ4n) is 3.20. The van der Waals surface area contributed by atoms with Crippen LogP contribution in [0.2, 0.25) is 0 Å². The van der Waals surface area contributed by atoms with E-state index in [9.17, 15) is 18.0 Å². The number of piperidine rings is 1. The van der Waals surface area contributed by atoms with E-state index in [1.165, 1.54) is 4.90 Å². The first-order valence-corrected chi connectivity index (χ1v) is 9.11. The van der Waals surface area contributed by atoms with Gasteiger partial charge in [-0.3, -0.25) is 14.8 Å². The van der Waals surface area contributed by atoms with Crippen LogP contribution in [0.3, 0.4) is 0 Å². The van der Waals surface area contributed by atoms with Gasteiger partial charge in [0.1, 0.15) is 6.04 Å². The number of hydrogen-bond donors (Lipinski definition) is 3. The molecule has 3 heterocycles. The molecular formula is C12H20N4O7S. The highest BCUT2D eigenvalue weighted by molar-refractivity contribution is 7.80. The van der Waals surface area contributed by atoms with E-state index < -0.39 is 28.5 Å². The normalized spacial score (nSPS) is 28.3. The van der Waals surface area contributed by atoms with Crippen LogP contribution in [0.5, 0.6) is 0 Å². The van der Waals surface area contributed by atoms with Crippen LogP contribution in [-0.2, 0) is 24.2 Å². The summed E-state index contributed by atoms with van der Waals surface area (Å²) in [4.78, 5) is 25.8. The average molecular weight is 364 g/mol. The molecule has 3 aliphatic rings. The molecule has 0 unspecified atom stereocenters. The van der Waals surface area contributed by atoms with Crippen LogP contribution >= 0.6 is 0 Å². The van der Waals surface area contributed by atoms with Gasteiger partial charge in [-0.1, -0.05) is 0 Å². The number of hydrogen-bond acceptors (Lipinski definition) is 7. The predicted molar refractivity (Wildman–Crippen MR) is 78.5 cm³/mol. The van der Waals surface area contributed by atoms with E-state index in [-0.39, 0.29) is 18.5 Å². The Morgan fingerprint density at radius 2 is 1.96 bits per heavy atom. The number of fused-ring (bicyclic) bond motifs is 2. The number of carbonyl (C=O) groups is 2. The minimum atomic E-state index is -4.79. The van der Waals surface area contributed by atoms with Gasteiger partial charge in [0.15, 0.2) is 0 Å². The summed E-state index contributed by atoms with van der Waals surface area (Å²) in [7, 11) is -4.79. The van der Waals surface area contributed by atoms with E-state index in [0.29, 0.717) is 31.1 Å². The number of hydrazine groups is 1. The zero-order chi connectivity index (χ0) is 17.3. The van der Waals surface area contributed by atoms with Gasteiger partial charge in [-0.15, -0.1) is 4.28 Å². The Bertz CT molecular complexity index is 607. The molecule has 24 heavy (non-hydrogen) atoms. The van der Waals surface area contributed by atoms with Crippen LogP contribution in [-0.4, -0.2) is 72.8 Å². The number of carbonyl (C=O) groups excluding carboxylic acids is 2. The maximum Gasteiger partial charge on any atom is 0.418 e. The highest BCUT2D eigenvalue weighted by Gasteiger charge is 2.49. The Morgan fingerprint density at radius 3 is 2.62 bits per heavy atom. The number of nitrogens with one attached hydrogen (secondary N) is 2. The molecule has 3 N–H and O–H groups in total. The SMILES string of the molecule is O=C(NNC1CCOCC1)[C@H]1CC[C@H]2CN1C(=O)N2OS(=O)(=O)O. The van der Waals surface area contributed by atoms with Crippen molar-refractivity contribution in [2.75, 3.05) is 19.8 Å². The number of urea groups is 1. The third-order valence-corrected chi connectivity index (χ3v) is 4.77. The molecule has 2 atom stereocenters. The van der Waals surface area contributed by atoms with Crippen molar-refractivity contribution in [1.82, 2.24) is 20.8 Å². The van der Waals surface area contributed by atoms with Gasteiger partial charge >= 0.3 is 16.4 Å². The minimum Gasteiger partial charge on any atom is -0.381 e. The van der Waals surface area contributed by atoms with Crippen molar-refractivity contribution in [1.29, 1.82) is 0 Å². The maximum atomic E-state index is 12.3. The van der Waals surface area contributed by atoms with Crippen molar-refractivity contribution in [3.63, 3.8) is 0 Å². The molecule has 12 heteroatoms. The van der Waals surface area contributed by atoms with Gasteiger partial charge < -0.3 is 9.64 Å². The Hall–Kier alpha value is -1.47. The van der Waals surface area contributed by atoms with E-state index in [1.807, 2.05) is 0 Å². The lowest BCUT2D eigenvalue weighted by Crippen LogP contribution is -2.55. The van der Waals surface area contributed by atoms with Crippen molar-refractivity contribution in [2.45, 2.75) is 43.8 Å². The minimum absolute atomic E-state index is 0.118. The molecular weight excluding hydrogens is 344 g/mol. The molecule has 3 aliphatic heterocycles. The van der Waals surface area contributed by atoms with Gasteiger partial charge in [-0.2, -0.15) is 13.5 Å². The molecule has 0 radical (unpaired) electrons. The Morgan fingerprint density at radius 1 is 1.25 bits per heavy atom. The second-order valence-electron chi connectivity index (χ2n) is 6.03. The Kier molecular flexibility index (Phi) is 4.92. The lowest BCUT2D eigenvalue weighted by molar-refractivity contribution is -0.127. The second-order valence-corrected chi connectivity index (χ2v) is 7.03. The van der Waals surface area contributed by atoms with Gasteiger partial charge in [-0.05, 0) is 25.7 Å². The largest absolute Gasteiger partial charge is 0.418 e. The fourth-order valence-corrected chi connectivity index (χ4v) is 3.59. The number of rotatable bonds is 5. The highest BCUT2D eigenvalue weighted by atomic mass is 32.3. The van der Waals surface area contributed by atoms with E-state index >= 15 is 0 Å². The molecule has 136 valence electrons. The fraction of sp³-hybridized carbons (Fsp3) is 0.833. The molecule has 3 rings (SSSR count). The van der Waals surface area contributed by atoms with E-state index in [1.54, 1.807) is 0 Å². The topological polar surface area (TPSA) is 138 Å².